The summed E-state index contributed by atoms with van der Waals surface area (Å²) in [6, 6.07) is 5.94. The minimum Gasteiger partial charge on any atom is -0.373 e. The zero-order chi connectivity index (χ0) is 14.0. The summed E-state index contributed by atoms with van der Waals surface area (Å²) in [5, 5.41) is 0. The van der Waals surface area contributed by atoms with Gasteiger partial charge in [0.25, 0.3) is 0 Å². The molecular weight excluding hydrogens is 266 g/mol. The SMILES string of the molecule is C[C@@H]1CN(S(=O)(=O)c2ccc(C=O)cc2)C[C@H](C)O1. The molecule has 6 heteroatoms. The molecule has 0 amide bonds. The fourth-order valence-electron chi connectivity index (χ4n) is 2.19. The summed E-state index contributed by atoms with van der Waals surface area (Å²) in [4.78, 5) is 10.8. The molecule has 1 aliphatic heterocycles. The summed E-state index contributed by atoms with van der Waals surface area (Å²) in [5.41, 5.74) is 0.461. The van der Waals surface area contributed by atoms with Crippen LogP contribution in [0.4, 0.5) is 0 Å². The predicted molar refractivity (Wildman–Crippen MR) is 70.6 cm³/mol. The molecule has 1 aromatic rings. The zero-order valence-corrected chi connectivity index (χ0v) is 11.8. The Hall–Kier alpha value is -1.24. The molecule has 0 bridgehead atoms. The normalized spacial score (nSPS) is 25.2. The first-order chi connectivity index (χ1) is 8.93. The lowest BCUT2D eigenvalue weighted by Gasteiger charge is -2.34. The average molecular weight is 283 g/mol. The number of rotatable bonds is 3. The van der Waals surface area contributed by atoms with Crippen LogP contribution in [0.25, 0.3) is 0 Å². The number of hydrogen-bond acceptors (Lipinski definition) is 4. The first kappa shape index (κ1) is 14.2. The van der Waals surface area contributed by atoms with Crippen molar-refractivity contribution < 1.29 is 17.9 Å². The Labute approximate surface area is 113 Å². The lowest BCUT2D eigenvalue weighted by atomic mass is 10.2. The monoisotopic (exact) mass is 283 g/mol. The molecule has 104 valence electrons. The molecule has 0 radical (unpaired) electrons. The molecule has 0 aliphatic carbocycles. The number of aldehydes is 1. The third-order valence-electron chi connectivity index (χ3n) is 3.04. The summed E-state index contributed by atoms with van der Waals surface area (Å²) in [5.74, 6) is 0. The number of benzene rings is 1. The summed E-state index contributed by atoms with van der Waals surface area (Å²) in [6.07, 6.45) is 0.454. The highest BCUT2D eigenvalue weighted by Gasteiger charge is 2.31. The Bertz CT molecular complexity index is 543. The van der Waals surface area contributed by atoms with E-state index in [1.165, 1.54) is 28.6 Å². The fourth-order valence-corrected chi connectivity index (χ4v) is 3.78. The van der Waals surface area contributed by atoms with Crippen molar-refractivity contribution in [3.63, 3.8) is 0 Å². The average Bonchev–Trinajstić information content (AvgIpc) is 2.37. The molecule has 0 spiro atoms. The molecule has 1 saturated heterocycles. The van der Waals surface area contributed by atoms with Gasteiger partial charge < -0.3 is 4.74 Å². The molecule has 1 aromatic carbocycles. The van der Waals surface area contributed by atoms with E-state index in [-0.39, 0.29) is 17.1 Å². The molecule has 0 unspecified atom stereocenters. The molecule has 2 rings (SSSR count). The highest BCUT2D eigenvalue weighted by atomic mass is 32.2. The van der Waals surface area contributed by atoms with Crippen molar-refractivity contribution >= 4 is 16.3 Å². The number of carbonyl (C=O) groups excluding carboxylic acids is 1. The van der Waals surface area contributed by atoms with Crippen LogP contribution in [0, 0.1) is 0 Å². The Balaban J connectivity index is 2.27. The molecule has 1 aliphatic rings. The lowest BCUT2D eigenvalue weighted by Crippen LogP contribution is -2.48. The molecule has 1 heterocycles. The summed E-state index contributed by atoms with van der Waals surface area (Å²) in [6.45, 7) is 4.41. The van der Waals surface area contributed by atoms with Crippen LogP contribution in [0.1, 0.15) is 24.2 Å². The van der Waals surface area contributed by atoms with Crippen molar-refractivity contribution in [1.29, 1.82) is 0 Å². The number of morpholine rings is 1. The fraction of sp³-hybridized carbons (Fsp3) is 0.462. The van der Waals surface area contributed by atoms with Crippen molar-refractivity contribution in [2.45, 2.75) is 31.0 Å². The third-order valence-corrected chi connectivity index (χ3v) is 4.89. The van der Waals surface area contributed by atoms with Gasteiger partial charge in [0.1, 0.15) is 6.29 Å². The van der Waals surface area contributed by atoms with Crippen LogP contribution >= 0.6 is 0 Å². The maximum Gasteiger partial charge on any atom is 0.243 e. The van der Waals surface area contributed by atoms with E-state index >= 15 is 0 Å². The second-order valence-electron chi connectivity index (χ2n) is 4.77. The van der Waals surface area contributed by atoms with Gasteiger partial charge in [-0.25, -0.2) is 8.42 Å². The molecule has 0 saturated carbocycles. The van der Waals surface area contributed by atoms with Crippen LogP contribution in [-0.2, 0) is 14.8 Å². The number of carbonyl (C=O) groups is 1. The van der Waals surface area contributed by atoms with Gasteiger partial charge in [-0.2, -0.15) is 4.31 Å². The first-order valence-corrected chi connectivity index (χ1v) is 7.58. The van der Waals surface area contributed by atoms with Crippen molar-refractivity contribution in [3.05, 3.63) is 29.8 Å². The van der Waals surface area contributed by atoms with E-state index in [1.807, 2.05) is 13.8 Å². The quantitative estimate of drug-likeness (QED) is 0.784. The van der Waals surface area contributed by atoms with Gasteiger partial charge in [0.2, 0.25) is 10.0 Å². The highest BCUT2D eigenvalue weighted by Crippen LogP contribution is 2.21. The van der Waals surface area contributed by atoms with E-state index in [9.17, 15) is 13.2 Å². The molecular formula is C13H17NO4S. The number of nitrogens with zero attached hydrogens (tertiary/aromatic N) is 1. The van der Waals surface area contributed by atoms with Crippen LogP contribution in [0.15, 0.2) is 29.2 Å². The van der Waals surface area contributed by atoms with Gasteiger partial charge >= 0.3 is 0 Å². The smallest absolute Gasteiger partial charge is 0.243 e. The van der Waals surface area contributed by atoms with E-state index in [1.54, 1.807) is 0 Å². The highest BCUT2D eigenvalue weighted by molar-refractivity contribution is 7.89. The van der Waals surface area contributed by atoms with Crippen LogP contribution in [0.3, 0.4) is 0 Å². The van der Waals surface area contributed by atoms with Gasteiger partial charge in [0, 0.05) is 18.7 Å². The number of hydrogen-bond donors (Lipinski definition) is 0. The summed E-state index contributed by atoms with van der Waals surface area (Å²) < 4.78 is 31.9. The van der Waals surface area contributed by atoms with E-state index < -0.39 is 10.0 Å². The van der Waals surface area contributed by atoms with Crippen molar-refractivity contribution in [2.75, 3.05) is 13.1 Å². The minimum absolute atomic E-state index is 0.118. The Kier molecular flexibility index (Phi) is 4.03. The van der Waals surface area contributed by atoms with E-state index in [0.29, 0.717) is 24.9 Å². The first-order valence-electron chi connectivity index (χ1n) is 6.14. The Morgan fingerprint density at radius 1 is 1.16 bits per heavy atom. The van der Waals surface area contributed by atoms with Crippen molar-refractivity contribution in [2.24, 2.45) is 0 Å². The van der Waals surface area contributed by atoms with Crippen LogP contribution in [-0.4, -0.2) is 44.3 Å². The van der Waals surface area contributed by atoms with Crippen LogP contribution < -0.4 is 0 Å². The summed E-state index contributed by atoms with van der Waals surface area (Å²) in [7, 11) is -3.52. The van der Waals surface area contributed by atoms with E-state index in [4.69, 9.17) is 4.74 Å². The van der Waals surface area contributed by atoms with Crippen LogP contribution in [0.2, 0.25) is 0 Å². The van der Waals surface area contributed by atoms with Gasteiger partial charge in [0.05, 0.1) is 17.1 Å². The van der Waals surface area contributed by atoms with Gasteiger partial charge in [0.15, 0.2) is 0 Å². The molecule has 2 atom stereocenters. The van der Waals surface area contributed by atoms with Gasteiger partial charge in [-0.3, -0.25) is 4.79 Å². The molecule has 0 N–H and O–H groups in total. The maximum atomic E-state index is 12.5. The maximum absolute atomic E-state index is 12.5. The second-order valence-corrected chi connectivity index (χ2v) is 6.70. The molecule has 1 fully saturated rings. The van der Waals surface area contributed by atoms with Gasteiger partial charge in [-0.05, 0) is 26.0 Å². The van der Waals surface area contributed by atoms with Crippen molar-refractivity contribution in [3.8, 4) is 0 Å². The Morgan fingerprint density at radius 2 is 1.68 bits per heavy atom. The zero-order valence-electron chi connectivity index (χ0n) is 10.9. The topological polar surface area (TPSA) is 63.7 Å². The molecule has 19 heavy (non-hydrogen) atoms. The van der Waals surface area contributed by atoms with Crippen LogP contribution in [0.5, 0.6) is 0 Å². The van der Waals surface area contributed by atoms with E-state index in [2.05, 4.69) is 0 Å². The lowest BCUT2D eigenvalue weighted by molar-refractivity contribution is -0.0440. The molecule has 0 aromatic heterocycles. The van der Waals surface area contributed by atoms with E-state index in [0.717, 1.165) is 0 Å². The largest absolute Gasteiger partial charge is 0.373 e. The van der Waals surface area contributed by atoms with Crippen molar-refractivity contribution in [1.82, 2.24) is 4.31 Å². The Morgan fingerprint density at radius 3 is 2.16 bits per heavy atom. The molecule has 5 nitrogen and oxygen atoms in total. The summed E-state index contributed by atoms with van der Waals surface area (Å²) >= 11 is 0. The van der Waals surface area contributed by atoms with Gasteiger partial charge in [-0.1, -0.05) is 12.1 Å². The number of ether oxygens (including phenoxy) is 1. The third kappa shape index (κ3) is 3.02. The number of sulfonamides is 1. The predicted octanol–water partition coefficient (Wildman–Crippen LogP) is 1.30. The van der Waals surface area contributed by atoms with Gasteiger partial charge in [-0.15, -0.1) is 0 Å². The second kappa shape index (κ2) is 5.40. The standard InChI is InChI=1S/C13H17NO4S/c1-10-7-14(8-11(2)18-10)19(16,17)13-5-3-12(9-15)4-6-13/h3-6,9-11H,7-8H2,1-2H3/t10-,11+. The minimum atomic E-state index is -3.52.